The van der Waals surface area contributed by atoms with Crippen molar-refractivity contribution in [2.75, 3.05) is 13.1 Å². The van der Waals surface area contributed by atoms with E-state index in [1.807, 2.05) is 0 Å². The molecule has 0 aromatic rings. The summed E-state index contributed by atoms with van der Waals surface area (Å²) in [5.74, 6) is 0. The minimum atomic E-state index is 0. The first-order valence-corrected chi connectivity index (χ1v) is 1.32. The van der Waals surface area contributed by atoms with Gasteiger partial charge in [-0.3, -0.25) is 0 Å². The molecule has 4 N–H and O–H groups in total. The maximum atomic E-state index is 4.90. The van der Waals surface area contributed by atoms with E-state index in [4.69, 9.17) is 11.5 Å². The van der Waals surface area contributed by atoms with Crippen LogP contribution in [0.1, 0.15) is 0 Å². The van der Waals surface area contributed by atoms with Crippen molar-refractivity contribution in [3.05, 3.63) is 0 Å². The maximum Gasteiger partial charge on any atom is 0.00461 e. The van der Waals surface area contributed by atoms with Gasteiger partial charge in [-0.15, -0.1) is 0 Å². The summed E-state index contributed by atoms with van der Waals surface area (Å²) in [4.78, 5) is 0. The summed E-state index contributed by atoms with van der Waals surface area (Å²) in [6, 6.07) is 0. The molecule has 0 atom stereocenters. The molecule has 0 unspecified atom stereocenters. The third kappa shape index (κ3) is 16.4. The summed E-state index contributed by atoms with van der Waals surface area (Å²) >= 11 is 0. The van der Waals surface area contributed by atoms with Gasteiger partial charge in [0.1, 0.15) is 0 Å². The second kappa shape index (κ2) is 15.7. The summed E-state index contributed by atoms with van der Waals surface area (Å²) in [5.41, 5.74) is 9.81. The van der Waals surface area contributed by atoms with E-state index in [2.05, 4.69) is 0 Å². The zero-order chi connectivity index (χ0) is 3.41. The molecule has 0 amide bonds. The molecule has 0 rings (SSSR count). The third-order valence-corrected chi connectivity index (χ3v) is 0.167. The molecule has 3 radical (unpaired) electrons. The number of rotatable bonds is 1. The topological polar surface area (TPSA) is 52.0 Å². The molecule has 0 aromatic carbocycles. The van der Waals surface area contributed by atoms with Crippen molar-refractivity contribution in [3.63, 3.8) is 0 Å². The Morgan fingerprint density at radius 3 is 1.17 bits per heavy atom. The van der Waals surface area contributed by atoms with Crippen molar-refractivity contribution >= 4 is 67.3 Å². The number of hydrogen-bond acceptors (Lipinski definition) is 2. The van der Waals surface area contributed by atoms with Crippen LogP contribution in [-0.4, -0.2) is 80.4 Å². The van der Waals surface area contributed by atoms with Gasteiger partial charge >= 0.3 is 0 Å². The Morgan fingerprint density at radius 1 is 1.00 bits per heavy atom. The third-order valence-electron chi connectivity index (χ3n) is 0.167. The van der Waals surface area contributed by atoms with Crippen LogP contribution >= 0.6 is 0 Å². The van der Waals surface area contributed by atoms with Crippen LogP contribution in [0.3, 0.4) is 0 Å². The van der Waals surface area contributed by atoms with Gasteiger partial charge in [0.15, 0.2) is 0 Å². The van der Waals surface area contributed by atoms with E-state index in [0.29, 0.717) is 13.1 Å². The molecule has 0 saturated heterocycles. The molecule has 0 bridgehead atoms. The Morgan fingerprint density at radius 2 is 1.17 bits per heavy atom. The van der Waals surface area contributed by atoms with E-state index in [1.165, 1.54) is 0 Å². The molecule has 6 heavy (non-hydrogen) atoms. The van der Waals surface area contributed by atoms with E-state index < -0.39 is 0 Å². The number of nitrogens with two attached hydrogens (primary N) is 2. The summed E-state index contributed by atoms with van der Waals surface area (Å²) in [6.45, 7) is 1.19. The number of hydrogen-bond donors (Lipinski definition) is 2. The molecular weight excluding hydrogens is 115 g/mol. The standard InChI is InChI=1S/C2H8N2.Ca.Na/c3-1-2-4;;/h1-4H2;;. The molecule has 0 aliphatic heterocycles. The molecule has 0 spiro atoms. The average Bonchev–Trinajstić information content (AvgIpc) is 1.37. The fourth-order valence-corrected chi connectivity index (χ4v) is 0. The zero-order valence-electron chi connectivity index (χ0n) is 4.28. The largest absolute Gasteiger partial charge is 0.329 e. The SMILES string of the molecule is NCCN.[Ca].[Na]. The van der Waals surface area contributed by atoms with Gasteiger partial charge < -0.3 is 11.5 Å². The summed E-state index contributed by atoms with van der Waals surface area (Å²) in [6.07, 6.45) is 0. The van der Waals surface area contributed by atoms with Gasteiger partial charge in [-0.1, -0.05) is 0 Å². The van der Waals surface area contributed by atoms with E-state index in [9.17, 15) is 0 Å². The Balaban J connectivity index is -0.0000000450. The Hall–Kier alpha value is 2.18. The maximum absolute atomic E-state index is 4.90. The predicted octanol–water partition coefficient (Wildman–Crippen LogP) is -1.86. The van der Waals surface area contributed by atoms with Gasteiger partial charge in [-0.25, -0.2) is 0 Å². The van der Waals surface area contributed by atoms with Crippen LogP contribution < -0.4 is 11.5 Å². The van der Waals surface area contributed by atoms with Gasteiger partial charge in [0.05, 0.1) is 0 Å². The van der Waals surface area contributed by atoms with Crippen LogP contribution in [0, 0.1) is 0 Å². The minimum absolute atomic E-state index is 0. The van der Waals surface area contributed by atoms with Crippen LogP contribution in [0.5, 0.6) is 0 Å². The van der Waals surface area contributed by atoms with Gasteiger partial charge in [-0.2, -0.15) is 0 Å². The first kappa shape index (κ1) is 15.7. The van der Waals surface area contributed by atoms with Crippen molar-refractivity contribution in [2.24, 2.45) is 11.5 Å². The molecule has 0 aromatic heterocycles. The molecule has 29 valence electrons. The average molecular weight is 123 g/mol. The van der Waals surface area contributed by atoms with Crippen molar-refractivity contribution in [1.82, 2.24) is 0 Å². The van der Waals surface area contributed by atoms with Crippen molar-refractivity contribution in [1.29, 1.82) is 0 Å². The summed E-state index contributed by atoms with van der Waals surface area (Å²) in [7, 11) is 0. The molecule has 2 nitrogen and oxygen atoms in total. The van der Waals surface area contributed by atoms with Crippen molar-refractivity contribution in [3.8, 4) is 0 Å². The van der Waals surface area contributed by atoms with Crippen LogP contribution in [0.25, 0.3) is 0 Å². The van der Waals surface area contributed by atoms with Gasteiger partial charge in [0.2, 0.25) is 0 Å². The molecule has 0 heterocycles. The first-order valence-electron chi connectivity index (χ1n) is 1.32. The van der Waals surface area contributed by atoms with Gasteiger partial charge in [0.25, 0.3) is 0 Å². The van der Waals surface area contributed by atoms with Crippen LogP contribution in [0.4, 0.5) is 0 Å². The van der Waals surface area contributed by atoms with Gasteiger partial charge in [0, 0.05) is 80.4 Å². The quantitative estimate of drug-likeness (QED) is 0.402. The summed E-state index contributed by atoms with van der Waals surface area (Å²) < 4.78 is 0. The molecule has 0 aliphatic rings. The molecule has 0 saturated carbocycles. The fourth-order valence-electron chi connectivity index (χ4n) is 0. The van der Waals surface area contributed by atoms with E-state index in [-0.39, 0.29) is 67.3 Å². The molecule has 0 aliphatic carbocycles. The fraction of sp³-hybridized carbons (Fsp3) is 1.00. The van der Waals surface area contributed by atoms with Crippen LogP contribution in [0.2, 0.25) is 0 Å². The Labute approximate surface area is 90.3 Å². The van der Waals surface area contributed by atoms with Crippen LogP contribution in [-0.2, 0) is 0 Å². The molecular formula is C2H8CaN2Na. The zero-order valence-corrected chi connectivity index (χ0v) is 8.48. The van der Waals surface area contributed by atoms with E-state index >= 15 is 0 Å². The van der Waals surface area contributed by atoms with Crippen LogP contribution in [0.15, 0.2) is 0 Å². The summed E-state index contributed by atoms with van der Waals surface area (Å²) in [5, 5.41) is 0. The van der Waals surface area contributed by atoms with Crippen molar-refractivity contribution < 1.29 is 0 Å². The smallest absolute Gasteiger partial charge is 0.00461 e. The molecule has 0 fully saturated rings. The Bertz CT molecular complexity index is 13.5. The minimum Gasteiger partial charge on any atom is -0.329 e. The molecule has 4 heteroatoms. The second-order valence-corrected chi connectivity index (χ2v) is 0.577. The second-order valence-electron chi connectivity index (χ2n) is 0.577. The Kier molecular flexibility index (Phi) is 41.1. The predicted molar refractivity (Wildman–Crippen MR) is 29.6 cm³/mol. The van der Waals surface area contributed by atoms with Gasteiger partial charge in [-0.05, 0) is 0 Å². The first-order chi connectivity index (χ1) is 1.91. The van der Waals surface area contributed by atoms with E-state index in [0.717, 1.165) is 0 Å². The van der Waals surface area contributed by atoms with E-state index in [1.54, 1.807) is 0 Å². The van der Waals surface area contributed by atoms with Crippen molar-refractivity contribution in [2.45, 2.75) is 0 Å². The monoisotopic (exact) mass is 123 g/mol. The normalized spacial score (nSPS) is 5.00.